The van der Waals surface area contributed by atoms with Gasteiger partial charge in [0, 0.05) is 23.9 Å². The van der Waals surface area contributed by atoms with Gasteiger partial charge in [0.15, 0.2) is 17.4 Å². The Morgan fingerprint density at radius 3 is 2.52 bits per heavy atom. The Balaban J connectivity index is 1.96. The predicted octanol–water partition coefficient (Wildman–Crippen LogP) is 4.15. The molecule has 0 fully saturated rings. The number of nitrogens with one attached hydrogen (secondary N) is 1. The van der Waals surface area contributed by atoms with Gasteiger partial charge in [0.2, 0.25) is 0 Å². The molecule has 5 heteroatoms. The third kappa shape index (κ3) is 4.79. The fourth-order valence-electron chi connectivity index (χ4n) is 1.88. The predicted molar refractivity (Wildman–Crippen MR) is 81.9 cm³/mol. The fraction of sp³-hybridized carbons (Fsp3) is 0.375. The standard InChI is InChI=1S/C16H19F2NOS/c1-11(2)19-10-12-8-14(17)16(15(18)9-12)20-6-5-13-4-3-7-21-13/h3-4,7-9,11,19H,5-6,10H2,1-2H3. The zero-order valence-electron chi connectivity index (χ0n) is 12.2. The molecule has 0 amide bonds. The minimum atomic E-state index is -0.651. The molecule has 0 unspecified atom stereocenters. The van der Waals surface area contributed by atoms with E-state index in [1.807, 2.05) is 31.4 Å². The highest BCUT2D eigenvalue weighted by Crippen LogP contribution is 2.24. The number of rotatable bonds is 7. The monoisotopic (exact) mass is 311 g/mol. The molecule has 1 aromatic carbocycles. The zero-order valence-corrected chi connectivity index (χ0v) is 13.0. The first kappa shape index (κ1) is 15.9. The van der Waals surface area contributed by atoms with E-state index < -0.39 is 11.6 Å². The summed E-state index contributed by atoms with van der Waals surface area (Å²) in [6.45, 7) is 4.66. The lowest BCUT2D eigenvalue weighted by Gasteiger charge is -2.11. The molecule has 0 saturated heterocycles. The van der Waals surface area contributed by atoms with Crippen LogP contribution in [-0.4, -0.2) is 12.6 Å². The van der Waals surface area contributed by atoms with Crippen molar-refractivity contribution in [2.45, 2.75) is 32.9 Å². The van der Waals surface area contributed by atoms with Crippen LogP contribution >= 0.6 is 11.3 Å². The van der Waals surface area contributed by atoms with Crippen LogP contribution in [-0.2, 0) is 13.0 Å². The summed E-state index contributed by atoms with van der Waals surface area (Å²) in [5, 5.41) is 5.09. The Morgan fingerprint density at radius 1 is 1.24 bits per heavy atom. The first-order valence-electron chi connectivity index (χ1n) is 6.92. The maximum atomic E-state index is 13.9. The van der Waals surface area contributed by atoms with Crippen LogP contribution in [0.3, 0.4) is 0 Å². The van der Waals surface area contributed by atoms with Gasteiger partial charge < -0.3 is 10.1 Å². The van der Waals surface area contributed by atoms with Crippen LogP contribution in [0.1, 0.15) is 24.3 Å². The van der Waals surface area contributed by atoms with E-state index in [-0.39, 0.29) is 18.4 Å². The van der Waals surface area contributed by atoms with Crippen molar-refractivity contribution in [3.63, 3.8) is 0 Å². The Hall–Kier alpha value is -1.46. The lowest BCUT2D eigenvalue weighted by Crippen LogP contribution is -2.22. The maximum absolute atomic E-state index is 13.9. The maximum Gasteiger partial charge on any atom is 0.190 e. The van der Waals surface area contributed by atoms with Crippen molar-refractivity contribution >= 4 is 11.3 Å². The van der Waals surface area contributed by atoms with E-state index in [2.05, 4.69) is 5.32 Å². The molecular weight excluding hydrogens is 292 g/mol. The van der Waals surface area contributed by atoms with Gasteiger partial charge in [-0.2, -0.15) is 0 Å². The Bertz CT molecular complexity index is 547. The van der Waals surface area contributed by atoms with Gasteiger partial charge in [0.05, 0.1) is 6.61 Å². The van der Waals surface area contributed by atoms with E-state index in [0.29, 0.717) is 18.5 Å². The van der Waals surface area contributed by atoms with Gasteiger partial charge in [0.25, 0.3) is 0 Å². The smallest absolute Gasteiger partial charge is 0.190 e. The Kier molecular flexibility index (Phi) is 5.70. The number of ether oxygens (including phenoxy) is 1. The summed E-state index contributed by atoms with van der Waals surface area (Å²) < 4.78 is 33.1. The molecule has 0 aliphatic carbocycles. The number of thiophene rings is 1. The first-order chi connectivity index (χ1) is 10.1. The lowest BCUT2D eigenvalue weighted by atomic mass is 10.2. The molecule has 0 aliphatic heterocycles. The van der Waals surface area contributed by atoms with Gasteiger partial charge >= 0.3 is 0 Å². The van der Waals surface area contributed by atoms with E-state index in [0.717, 1.165) is 4.88 Å². The van der Waals surface area contributed by atoms with Crippen molar-refractivity contribution in [1.29, 1.82) is 0 Å². The molecule has 0 radical (unpaired) electrons. The number of hydrogen-bond donors (Lipinski definition) is 1. The third-order valence-electron chi connectivity index (χ3n) is 2.95. The van der Waals surface area contributed by atoms with Crippen molar-refractivity contribution in [1.82, 2.24) is 5.32 Å². The average Bonchev–Trinajstić information content (AvgIpc) is 2.92. The molecule has 2 rings (SSSR count). The lowest BCUT2D eigenvalue weighted by molar-refractivity contribution is 0.288. The van der Waals surface area contributed by atoms with Crippen LogP contribution in [0.2, 0.25) is 0 Å². The van der Waals surface area contributed by atoms with Crippen molar-refractivity contribution in [2.24, 2.45) is 0 Å². The number of benzene rings is 1. The van der Waals surface area contributed by atoms with E-state index in [9.17, 15) is 8.78 Å². The van der Waals surface area contributed by atoms with Crippen molar-refractivity contribution in [3.05, 3.63) is 51.7 Å². The average molecular weight is 311 g/mol. The molecule has 0 bridgehead atoms. The van der Waals surface area contributed by atoms with Crippen LogP contribution < -0.4 is 10.1 Å². The SMILES string of the molecule is CC(C)NCc1cc(F)c(OCCc2cccs2)c(F)c1. The van der Waals surface area contributed by atoms with Gasteiger partial charge in [0.1, 0.15) is 0 Å². The molecular formula is C16H19F2NOS. The normalized spacial score (nSPS) is 11.1. The molecule has 0 atom stereocenters. The minimum Gasteiger partial charge on any atom is -0.487 e. The van der Waals surface area contributed by atoms with E-state index in [4.69, 9.17) is 4.74 Å². The second-order valence-electron chi connectivity index (χ2n) is 5.10. The quantitative estimate of drug-likeness (QED) is 0.829. The molecule has 2 nitrogen and oxygen atoms in total. The van der Waals surface area contributed by atoms with Crippen molar-refractivity contribution in [2.75, 3.05) is 6.61 Å². The van der Waals surface area contributed by atoms with E-state index >= 15 is 0 Å². The van der Waals surface area contributed by atoms with Crippen LogP contribution in [0.5, 0.6) is 5.75 Å². The third-order valence-corrected chi connectivity index (χ3v) is 3.88. The Labute approximate surface area is 127 Å². The highest BCUT2D eigenvalue weighted by atomic mass is 32.1. The second-order valence-corrected chi connectivity index (χ2v) is 6.13. The van der Waals surface area contributed by atoms with Gasteiger partial charge in [-0.15, -0.1) is 11.3 Å². The van der Waals surface area contributed by atoms with Crippen molar-refractivity contribution < 1.29 is 13.5 Å². The fourth-order valence-corrected chi connectivity index (χ4v) is 2.57. The molecule has 1 heterocycles. The summed E-state index contributed by atoms with van der Waals surface area (Å²) >= 11 is 1.60. The highest BCUT2D eigenvalue weighted by Gasteiger charge is 2.13. The molecule has 1 N–H and O–H groups in total. The van der Waals surface area contributed by atoms with Crippen molar-refractivity contribution in [3.8, 4) is 5.75 Å². The summed E-state index contributed by atoms with van der Waals surface area (Å²) in [5.41, 5.74) is 0.573. The van der Waals surface area contributed by atoms with E-state index in [1.165, 1.54) is 12.1 Å². The molecule has 2 aromatic rings. The summed E-state index contributed by atoms with van der Waals surface area (Å²) in [6, 6.07) is 6.81. The molecule has 0 spiro atoms. The zero-order chi connectivity index (χ0) is 15.2. The van der Waals surface area contributed by atoms with Crippen LogP contribution in [0, 0.1) is 11.6 Å². The summed E-state index contributed by atoms with van der Waals surface area (Å²) in [6.07, 6.45) is 0.646. The van der Waals surface area contributed by atoms with Gasteiger partial charge in [-0.1, -0.05) is 19.9 Å². The molecule has 114 valence electrons. The number of halogens is 2. The summed E-state index contributed by atoms with van der Waals surface area (Å²) in [4.78, 5) is 1.13. The van der Waals surface area contributed by atoms with Gasteiger partial charge in [-0.25, -0.2) is 8.78 Å². The van der Waals surface area contributed by atoms with E-state index in [1.54, 1.807) is 11.3 Å². The molecule has 0 saturated carbocycles. The molecule has 0 aliphatic rings. The molecule has 21 heavy (non-hydrogen) atoms. The topological polar surface area (TPSA) is 21.3 Å². The van der Waals surface area contributed by atoms with Gasteiger partial charge in [-0.05, 0) is 29.1 Å². The van der Waals surface area contributed by atoms with Crippen LogP contribution in [0.15, 0.2) is 29.6 Å². The number of hydrogen-bond acceptors (Lipinski definition) is 3. The molecule has 1 aromatic heterocycles. The highest BCUT2D eigenvalue weighted by molar-refractivity contribution is 7.09. The largest absolute Gasteiger partial charge is 0.487 e. The summed E-state index contributed by atoms with van der Waals surface area (Å²) in [7, 11) is 0. The summed E-state index contributed by atoms with van der Waals surface area (Å²) in [5.74, 6) is -1.59. The first-order valence-corrected chi connectivity index (χ1v) is 7.80. The second kappa shape index (κ2) is 7.52. The van der Waals surface area contributed by atoms with Crippen LogP contribution in [0.4, 0.5) is 8.78 Å². The Morgan fingerprint density at radius 2 is 1.95 bits per heavy atom. The van der Waals surface area contributed by atoms with Crippen LogP contribution in [0.25, 0.3) is 0 Å². The minimum absolute atomic E-state index is 0.262. The van der Waals surface area contributed by atoms with Gasteiger partial charge in [-0.3, -0.25) is 0 Å².